The van der Waals surface area contributed by atoms with Crippen LogP contribution >= 0.6 is 23.1 Å². The smallest absolute Gasteiger partial charge is 0.123 e. The minimum absolute atomic E-state index is 0.0125. The summed E-state index contributed by atoms with van der Waals surface area (Å²) in [6.07, 6.45) is 0.597. The SMILES string of the molecule is CNC(Cc1cc(F)ccc1Cl)c1snnc1C(C)(C)C. The third-order valence-electron chi connectivity index (χ3n) is 3.32. The Morgan fingerprint density at radius 1 is 1.38 bits per heavy atom. The lowest BCUT2D eigenvalue weighted by molar-refractivity contribution is 0.529. The number of hydrogen-bond donors (Lipinski definition) is 1. The zero-order valence-corrected chi connectivity index (χ0v) is 14.1. The number of nitrogens with one attached hydrogen (secondary N) is 1. The van der Waals surface area contributed by atoms with Crippen LogP contribution in [0.1, 0.15) is 42.9 Å². The van der Waals surface area contributed by atoms with E-state index in [-0.39, 0.29) is 17.3 Å². The van der Waals surface area contributed by atoms with E-state index in [4.69, 9.17) is 11.6 Å². The Balaban J connectivity index is 2.33. The van der Waals surface area contributed by atoms with Crippen molar-refractivity contribution in [2.75, 3.05) is 7.05 Å². The number of halogens is 2. The van der Waals surface area contributed by atoms with Crippen LogP contribution in [0.4, 0.5) is 4.39 Å². The van der Waals surface area contributed by atoms with E-state index in [9.17, 15) is 4.39 Å². The molecule has 1 unspecified atom stereocenters. The maximum absolute atomic E-state index is 13.4. The summed E-state index contributed by atoms with van der Waals surface area (Å²) in [6.45, 7) is 6.32. The Hall–Kier alpha value is -1.04. The molecule has 114 valence electrons. The number of likely N-dealkylation sites (N-methyl/N-ethyl adjacent to an activating group) is 1. The topological polar surface area (TPSA) is 37.8 Å². The van der Waals surface area contributed by atoms with Crippen molar-refractivity contribution in [2.24, 2.45) is 0 Å². The van der Waals surface area contributed by atoms with Gasteiger partial charge in [0.2, 0.25) is 0 Å². The van der Waals surface area contributed by atoms with Crippen LogP contribution in [0, 0.1) is 5.82 Å². The van der Waals surface area contributed by atoms with E-state index in [1.54, 1.807) is 6.07 Å². The second-order valence-electron chi connectivity index (χ2n) is 6.02. The van der Waals surface area contributed by atoms with Crippen molar-refractivity contribution >= 4 is 23.1 Å². The summed E-state index contributed by atoms with van der Waals surface area (Å²) in [7, 11) is 1.88. The van der Waals surface area contributed by atoms with Gasteiger partial charge in [0.05, 0.1) is 10.6 Å². The standard InChI is InChI=1S/C15H19ClFN3S/c1-15(2,3)14-13(21-20-19-14)12(18-4)8-9-7-10(17)5-6-11(9)16/h5-7,12,18H,8H2,1-4H3. The Morgan fingerprint density at radius 2 is 2.10 bits per heavy atom. The summed E-state index contributed by atoms with van der Waals surface area (Å²) in [5.74, 6) is -0.275. The number of nitrogens with zero attached hydrogens (tertiary/aromatic N) is 2. The molecule has 0 amide bonds. The highest BCUT2D eigenvalue weighted by molar-refractivity contribution is 7.05. The number of benzene rings is 1. The quantitative estimate of drug-likeness (QED) is 0.917. The molecule has 0 aliphatic heterocycles. The summed E-state index contributed by atoms with van der Waals surface area (Å²) in [4.78, 5) is 1.07. The molecule has 0 saturated heterocycles. The van der Waals surface area contributed by atoms with Gasteiger partial charge < -0.3 is 5.32 Å². The van der Waals surface area contributed by atoms with Gasteiger partial charge in [0, 0.05) is 16.5 Å². The summed E-state index contributed by atoms with van der Waals surface area (Å²) >= 11 is 7.54. The summed E-state index contributed by atoms with van der Waals surface area (Å²) in [5.41, 5.74) is 1.67. The van der Waals surface area contributed by atoms with Crippen LogP contribution in [0.5, 0.6) is 0 Å². The van der Waals surface area contributed by atoms with Crippen LogP contribution in [0.15, 0.2) is 18.2 Å². The molecule has 0 fully saturated rings. The molecule has 1 heterocycles. The summed E-state index contributed by atoms with van der Waals surface area (Å²) < 4.78 is 17.5. The minimum Gasteiger partial charge on any atom is -0.312 e. The lowest BCUT2D eigenvalue weighted by Gasteiger charge is -2.22. The van der Waals surface area contributed by atoms with Gasteiger partial charge in [-0.25, -0.2) is 4.39 Å². The first-order valence-electron chi connectivity index (χ1n) is 6.77. The molecule has 0 aliphatic carbocycles. The molecule has 1 aromatic heterocycles. The van der Waals surface area contributed by atoms with Crippen molar-refractivity contribution in [2.45, 2.75) is 38.6 Å². The van der Waals surface area contributed by atoms with E-state index < -0.39 is 0 Å². The second-order valence-corrected chi connectivity index (χ2v) is 7.21. The molecule has 0 saturated carbocycles. The van der Waals surface area contributed by atoms with Crippen molar-refractivity contribution in [3.8, 4) is 0 Å². The normalized spacial score (nSPS) is 13.4. The van der Waals surface area contributed by atoms with Gasteiger partial charge in [0.1, 0.15) is 5.82 Å². The maximum atomic E-state index is 13.4. The highest BCUT2D eigenvalue weighted by atomic mass is 35.5. The Bertz CT molecular complexity index is 622. The molecule has 6 heteroatoms. The van der Waals surface area contributed by atoms with Gasteiger partial charge in [-0.2, -0.15) is 0 Å². The molecule has 21 heavy (non-hydrogen) atoms. The largest absolute Gasteiger partial charge is 0.312 e. The van der Waals surface area contributed by atoms with E-state index in [2.05, 4.69) is 35.7 Å². The molecular formula is C15H19ClFN3S. The third-order valence-corrected chi connectivity index (χ3v) is 4.53. The Labute approximate surface area is 133 Å². The molecule has 0 aliphatic rings. The van der Waals surface area contributed by atoms with Crippen LogP contribution in [0.25, 0.3) is 0 Å². The third kappa shape index (κ3) is 3.78. The number of aromatic nitrogens is 2. The molecule has 1 N–H and O–H groups in total. The number of rotatable bonds is 4. The fourth-order valence-electron chi connectivity index (χ4n) is 2.19. The molecule has 3 nitrogen and oxygen atoms in total. The zero-order chi connectivity index (χ0) is 15.6. The molecule has 0 bridgehead atoms. The van der Waals surface area contributed by atoms with Crippen LogP contribution < -0.4 is 5.32 Å². The molecule has 2 rings (SSSR count). The van der Waals surface area contributed by atoms with Crippen molar-refractivity contribution in [3.63, 3.8) is 0 Å². The average molecular weight is 328 g/mol. The van der Waals surface area contributed by atoms with Gasteiger partial charge in [-0.1, -0.05) is 36.9 Å². The van der Waals surface area contributed by atoms with Crippen molar-refractivity contribution < 1.29 is 4.39 Å². The van der Waals surface area contributed by atoms with E-state index >= 15 is 0 Å². The highest BCUT2D eigenvalue weighted by Crippen LogP contribution is 2.33. The van der Waals surface area contributed by atoms with Crippen molar-refractivity contribution in [1.82, 2.24) is 14.9 Å². The van der Waals surface area contributed by atoms with Gasteiger partial charge >= 0.3 is 0 Å². The first-order chi connectivity index (χ1) is 9.82. The fraction of sp³-hybridized carbons (Fsp3) is 0.467. The summed E-state index contributed by atoms with van der Waals surface area (Å²) in [5, 5.41) is 8.10. The van der Waals surface area contributed by atoms with Crippen LogP contribution in [-0.2, 0) is 11.8 Å². The van der Waals surface area contributed by atoms with Gasteiger partial charge in [-0.05, 0) is 48.8 Å². The lowest BCUT2D eigenvalue weighted by Crippen LogP contribution is -2.23. The zero-order valence-electron chi connectivity index (χ0n) is 12.6. The molecular weight excluding hydrogens is 309 g/mol. The first kappa shape index (κ1) is 16.3. The maximum Gasteiger partial charge on any atom is 0.123 e. The monoisotopic (exact) mass is 327 g/mol. The van der Waals surface area contributed by atoms with Gasteiger partial charge in [-0.3, -0.25) is 0 Å². The van der Waals surface area contributed by atoms with Crippen LogP contribution in [0.3, 0.4) is 0 Å². The predicted molar refractivity (Wildman–Crippen MR) is 85.5 cm³/mol. The van der Waals surface area contributed by atoms with Crippen molar-refractivity contribution in [1.29, 1.82) is 0 Å². The summed E-state index contributed by atoms with van der Waals surface area (Å²) in [6, 6.07) is 4.46. The van der Waals surface area contributed by atoms with Gasteiger partial charge in [0.15, 0.2) is 0 Å². The fourth-order valence-corrected chi connectivity index (χ4v) is 3.36. The van der Waals surface area contributed by atoms with E-state index in [1.165, 1.54) is 23.7 Å². The molecule has 0 radical (unpaired) electrons. The Kier molecular flexibility index (Phi) is 4.96. The van der Waals surface area contributed by atoms with Crippen LogP contribution in [-0.4, -0.2) is 16.6 Å². The predicted octanol–water partition coefficient (Wildman–Crippen LogP) is 4.13. The first-order valence-corrected chi connectivity index (χ1v) is 7.92. The highest BCUT2D eigenvalue weighted by Gasteiger charge is 2.27. The van der Waals surface area contributed by atoms with Crippen LogP contribution in [0.2, 0.25) is 5.02 Å². The second kappa shape index (κ2) is 6.38. The molecule has 2 aromatic rings. The van der Waals surface area contributed by atoms with Crippen molar-refractivity contribution in [3.05, 3.63) is 45.2 Å². The molecule has 1 aromatic carbocycles. The number of hydrogen-bond acceptors (Lipinski definition) is 4. The lowest BCUT2D eigenvalue weighted by atomic mass is 9.89. The van der Waals surface area contributed by atoms with E-state index in [1.807, 2.05) is 7.05 Å². The average Bonchev–Trinajstić information content (AvgIpc) is 2.89. The van der Waals surface area contributed by atoms with Gasteiger partial charge in [0.25, 0.3) is 0 Å². The van der Waals surface area contributed by atoms with Gasteiger partial charge in [-0.15, -0.1) is 5.10 Å². The molecule has 0 spiro atoms. The van der Waals surface area contributed by atoms with E-state index in [0.29, 0.717) is 11.4 Å². The minimum atomic E-state index is -0.275. The Morgan fingerprint density at radius 3 is 2.71 bits per heavy atom. The van der Waals surface area contributed by atoms with E-state index in [0.717, 1.165) is 16.1 Å². The molecule has 1 atom stereocenters.